The van der Waals surface area contributed by atoms with E-state index in [4.69, 9.17) is 0 Å². The summed E-state index contributed by atoms with van der Waals surface area (Å²) < 4.78 is 0.821. The van der Waals surface area contributed by atoms with E-state index in [-0.39, 0.29) is 16.9 Å². The molecule has 1 heterocycles. The standard InChI is InChI=1S/C17H23BrN2O/c1-16(2,3)10-17(4,5)20-15(21)14-13(18)11-8-6-7-9-12(11)19-14/h6-9,19H,10H2,1-5H3,(H,20,21). The molecule has 4 heteroatoms. The van der Waals surface area contributed by atoms with Gasteiger partial charge in [0.1, 0.15) is 5.69 Å². The second-order valence-electron chi connectivity index (χ2n) is 7.44. The summed E-state index contributed by atoms with van der Waals surface area (Å²) in [6.45, 7) is 10.7. The molecule has 1 aromatic carbocycles. The molecule has 0 unspecified atom stereocenters. The number of halogens is 1. The molecule has 0 fully saturated rings. The highest BCUT2D eigenvalue weighted by Crippen LogP contribution is 2.30. The second kappa shape index (κ2) is 5.48. The molecule has 2 N–H and O–H groups in total. The van der Waals surface area contributed by atoms with Crippen molar-refractivity contribution in [2.45, 2.75) is 46.6 Å². The van der Waals surface area contributed by atoms with Crippen LogP contribution >= 0.6 is 15.9 Å². The highest BCUT2D eigenvalue weighted by Gasteiger charge is 2.28. The molecule has 1 amide bonds. The maximum atomic E-state index is 12.6. The smallest absolute Gasteiger partial charge is 0.269 e. The normalized spacial score (nSPS) is 12.7. The molecular formula is C17H23BrN2O. The molecule has 0 bridgehead atoms. The molecule has 0 radical (unpaired) electrons. The number of fused-ring (bicyclic) bond motifs is 1. The summed E-state index contributed by atoms with van der Waals surface area (Å²) in [5, 5.41) is 4.16. The molecule has 21 heavy (non-hydrogen) atoms. The number of nitrogens with one attached hydrogen (secondary N) is 2. The van der Waals surface area contributed by atoms with E-state index in [1.165, 1.54) is 0 Å². The van der Waals surface area contributed by atoms with E-state index < -0.39 is 0 Å². The number of carbonyl (C=O) groups excluding carboxylic acids is 1. The van der Waals surface area contributed by atoms with Crippen LogP contribution in [-0.2, 0) is 0 Å². The van der Waals surface area contributed by atoms with Crippen molar-refractivity contribution < 1.29 is 4.79 Å². The third-order valence-corrected chi connectivity index (χ3v) is 4.12. The molecule has 0 atom stereocenters. The van der Waals surface area contributed by atoms with Crippen molar-refractivity contribution in [3.05, 3.63) is 34.4 Å². The Morgan fingerprint density at radius 1 is 1.19 bits per heavy atom. The Labute approximate surface area is 134 Å². The van der Waals surface area contributed by atoms with Gasteiger partial charge >= 0.3 is 0 Å². The molecule has 2 aromatic rings. The Morgan fingerprint density at radius 3 is 2.38 bits per heavy atom. The Balaban J connectivity index is 2.25. The Kier molecular flexibility index (Phi) is 4.20. The van der Waals surface area contributed by atoms with Gasteiger partial charge in [0.2, 0.25) is 0 Å². The Bertz CT molecular complexity index is 665. The van der Waals surface area contributed by atoms with Crippen LogP contribution in [0, 0.1) is 5.41 Å². The van der Waals surface area contributed by atoms with Crippen LogP contribution < -0.4 is 5.32 Å². The number of rotatable bonds is 3. The number of aromatic amines is 1. The van der Waals surface area contributed by atoms with Crippen molar-refractivity contribution in [2.24, 2.45) is 5.41 Å². The fraction of sp³-hybridized carbons (Fsp3) is 0.471. The van der Waals surface area contributed by atoms with Gasteiger partial charge in [-0.15, -0.1) is 0 Å². The quantitative estimate of drug-likeness (QED) is 0.814. The molecule has 0 saturated heterocycles. The molecule has 0 aliphatic heterocycles. The number of carbonyl (C=O) groups is 1. The zero-order chi connectivity index (χ0) is 15.8. The minimum Gasteiger partial charge on any atom is -0.350 e. The molecule has 0 aliphatic rings. The van der Waals surface area contributed by atoms with Gasteiger partial charge in [-0.05, 0) is 47.7 Å². The van der Waals surface area contributed by atoms with Crippen LogP contribution in [0.3, 0.4) is 0 Å². The molecule has 3 nitrogen and oxygen atoms in total. The average Bonchev–Trinajstić information content (AvgIpc) is 2.64. The van der Waals surface area contributed by atoms with Gasteiger partial charge in [-0.1, -0.05) is 39.0 Å². The molecule has 0 spiro atoms. The van der Waals surface area contributed by atoms with Crippen molar-refractivity contribution in [1.82, 2.24) is 10.3 Å². The first-order valence-electron chi connectivity index (χ1n) is 7.18. The summed E-state index contributed by atoms with van der Waals surface area (Å²) in [5.74, 6) is -0.0766. The molecule has 1 aromatic heterocycles. The average molecular weight is 351 g/mol. The topological polar surface area (TPSA) is 44.9 Å². The van der Waals surface area contributed by atoms with Crippen LogP contribution in [0.15, 0.2) is 28.7 Å². The molecule has 2 rings (SSSR count). The summed E-state index contributed by atoms with van der Waals surface area (Å²) in [6.07, 6.45) is 0.906. The van der Waals surface area contributed by atoms with Gasteiger partial charge in [-0.2, -0.15) is 0 Å². The van der Waals surface area contributed by atoms with Crippen molar-refractivity contribution in [3.8, 4) is 0 Å². The zero-order valence-corrected chi connectivity index (χ0v) is 14.9. The van der Waals surface area contributed by atoms with Gasteiger partial charge in [0.05, 0.1) is 4.47 Å². The fourth-order valence-corrected chi connectivity index (χ4v) is 3.63. The summed E-state index contributed by atoms with van der Waals surface area (Å²) in [7, 11) is 0. The van der Waals surface area contributed by atoms with E-state index in [0.29, 0.717) is 5.69 Å². The lowest BCUT2D eigenvalue weighted by Gasteiger charge is -2.33. The first-order chi connectivity index (χ1) is 9.59. The van der Waals surface area contributed by atoms with Crippen LogP contribution in [-0.4, -0.2) is 16.4 Å². The van der Waals surface area contributed by atoms with Gasteiger partial charge in [0, 0.05) is 16.4 Å². The van der Waals surface area contributed by atoms with Crippen molar-refractivity contribution in [1.29, 1.82) is 0 Å². The number of aromatic nitrogens is 1. The Morgan fingerprint density at radius 2 is 1.81 bits per heavy atom. The highest BCUT2D eigenvalue weighted by atomic mass is 79.9. The lowest BCUT2D eigenvalue weighted by molar-refractivity contribution is 0.0886. The molecule has 114 valence electrons. The lowest BCUT2D eigenvalue weighted by Crippen LogP contribution is -2.46. The largest absolute Gasteiger partial charge is 0.350 e. The summed E-state index contributed by atoms with van der Waals surface area (Å²) in [6, 6.07) is 7.88. The predicted octanol–water partition coefficient (Wildman–Crippen LogP) is 4.88. The van der Waals surface area contributed by atoms with Crippen LogP contribution in [0.5, 0.6) is 0 Å². The Hall–Kier alpha value is -1.29. The van der Waals surface area contributed by atoms with Crippen LogP contribution in [0.2, 0.25) is 0 Å². The van der Waals surface area contributed by atoms with Crippen LogP contribution in [0.25, 0.3) is 10.9 Å². The number of para-hydroxylation sites is 1. The summed E-state index contributed by atoms with van der Waals surface area (Å²) in [4.78, 5) is 15.8. The number of hydrogen-bond donors (Lipinski definition) is 2. The van der Waals surface area contributed by atoms with Gasteiger partial charge in [-0.3, -0.25) is 4.79 Å². The van der Waals surface area contributed by atoms with E-state index in [9.17, 15) is 4.79 Å². The van der Waals surface area contributed by atoms with Gasteiger partial charge in [0.15, 0.2) is 0 Å². The lowest BCUT2D eigenvalue weighted by atomic mass is 9.82. The highest BCUT2D eigenvalue weighted by molar-refractivity contribution is 9.10. The van der Waals surface area contributed by atoms with Crippen LogP contribution in [0.4, 0.5) is 0 Å². The summed E-state index contributed by atoms with van der Waals surface area (Å²) in [5.41, 5.74) is 1.45. The van der Waals surface area contributed by atoms with Crippen molar-refractivity contribution >= 4 is 32.7 Å². The number of amides is 1. The predicted molar refractivity (Wildman–Crippen MR) is 91.6 cm³/mol. The fourth-order valence-electron chi connectivity index (χ4n) is 3.00. The first kappa shape index (κ1) is 16.1. The molecular weight excluding hydrogens is 328 g/mol. The molecule has 0 saturated carbocycles. The minimum absolute atomic E-state index is 0.0766. The third kappa shape index (κ3) is 3.88. The number of benzene rings is 1. The van der Waals surface area contributed by atoms with E-state index in [1.54, 1.807) is 0 Å². The first-order valence-corrected chi connectivity index (χ1v) is 7.97. The minimum atomic E-state index is -0.258. The van der Waals surface area contributed by atoms with E-state index >= 15 is 0 Å². The van der Waals surface area contributed by atoms with Gasteiger partial charge < -0.3 is 10.3 Å². The van der Waals surface area contributed by atoms with Crippen molar-refractivity contribution in [2.75, 3.05) is 0 Å². The number of hydrogen-bond acceptors (Lipinski definition) is 1. The second-order valence-corrected chi connectivity index (χ2v) is 8.23. The van der Waals surface area contributed by atoms with E-state index in [1.807, 2.05) is 24.3 Å². The number of H-pyrrole nitrogens is 1. The van der Waals surface area contributed by atoms with E-state index in [2.05, 4.69) is 60.8 Å². The third-order valence-electron chi connectivity index (χ3n) is 3.29. The SMILES string of the molecule is CC(C)(C)CC(C)(C)NC(=O)c1[nH]c2ccccc2c1Br. The molecule has 0 aliphatic carbocycles. The zero-order valence-electron chi connectivity index (χ0n) is 13.3. The van der Waals surface area contributed by atoms with Crippen molar-refractivity contribution in [3.63, 3.8) is 0 Å². The summed E-state index contributed by atoms with van der Waals surface area (Å²) >= 11 is 3.53. The van der Waals surface area contributed by atoms with Gasteiger partial charge in [0.25, 0.3) is 5.91 Å². The van der Waals surface area contributed by atoms with E-state index in [0.717, 1.165) is 21.8 Å². The van der Waals surface area contributed by atoms with Crippen LogP contribution in [0.1, 0.15) is 51.5 Å². The maximum Gasteiger partial charge on any atom is 0.269 e. The maximum absolute atomic E-state index is 12.6. The van der Waals surface area contributed by atoms with Gasteiger partial charge in [-0.25, -0.2) is 0 Å². The monoisotopic (exact) mass is 350 g/mol.